The highest BCUT2D eigenvalue weighted by Gasteiger charge is 2.18. The number of hydrogen-bond acceptors (Lipinski definition) is 6. The van der Waals surface area contributed by atoms with Crippen LogP contribution in [0.1, 0.15) is 25.0 Å². The van der Waals surface area contributed by atoms with E-state index in [0.29, 0.717) is 5.69 Å². The maximum atomic E-state index is 12.5. The van der Waals surface area contributed by atoms with Gasteiger partial charge in [-0.2, -0.15) is 10.2 Å². The van der Waals surface area contributed by atoms with Crippen LogP contribution < -0.4 is 15.8 Å². The lowest BCUT2D eigenvalue weighted by Gasteiger charge is -2.28. The third kappa shape index (κ3) is 3.26. The van der Waals surface area contributed by atoms with Crippen LogP contribution in [0.2, 0.25) is 0 Å². The van der Waals surface area contributed by atoms with E-state index in [9.17, 15) is 4.79 Å². The van der Waals surface area contributed by atoms with Crippen LogP contribution in [0.25, 0.3) is 0 Å². The molecule has 4 heterocycles. The van der Waals surface area contributed by atoms with E-state index >= 15 is 0 Å². The van der Waals surface area contributed by atoms with Crippen LogP contribution >= 0.6 is 0 Å². The quantitative estimate of drug-likeness (QED) is 0.902. The van der Waals surface area contributed by atoms with E-state index in [4.69, 9.17) is 0 Å². The van der Waals surface area contributed by atoms with Crippen molar-refractivity contribution in [3.63, 3.8) is 0 Å². The highest BCUT2D eigenvalue weighted by molar-refractivity contribution is 5.59. The maximum Gasteiger partial charge on any atom is 0.290 e. The fourth-order valence-electron chi connectivity index (χ4n) is 3.56. The summed E-state index contributed by atoms with van der Waals surface area (Å²) in [5, 5.41) is 12.2. The number of anilines is 3. The Bertz CT molecular complexity index is 819. The Morgan fingerprint density at radius 3 is 2.60 bits per heavy atom. The van der Waals surface area contributed by atoms with Crippen LogP contribution in [-0.4, -0.2) is 51.1 Å². The normalized spacial score (nSPS) is 18.2. The van der Waals surface area contributed by atoms with Gasteiger partial charge < -0.3 is 10.2 Å². The van der Waals surface area contributed by atoms with Gasteiger partial charge in [0, 0.05) is 45.4 Å². The zero-order valence-corrected chi connectivity index (χ0v) is 14.9. The van der Waals surface area contributed by atoms with Gasteiger partial charge in [-0.3, -0.25) is 14.4 Å². The Hall–Kier alpha value is -2.35. The van der Waals surface area contributed by atoms with E-state index in [1.165, 1.54) is 29.6 Å². The van der Waals surface area contributed by atoms with E-state index in [-0.39, 0.29) is 5.56 Å². The van der Waals surface area contributed by atoms with Gasteiger partial charge in [0.1, 0.15) is 5.69 Å². The van der Waals surface area contributed by atoms with Crippen molar-refractivity contribution < 1.29 is 0 Å². The van der Waals surface area contributed by atoms with Gasteiger partial charge in [0.05, 0.1) is 12.2 Å². The SMILES string of the molecule is CN1CCn2nc(Nc3cc(N4CCCCC4)nn(C)c3=O)cc2C1. The molecule has 1 N–H and O–H groups in total. The fraction of sp³-hybridized carbons (Fsp3) is 0.588. The molecule has 8 nitrogen and oxygen atoms in total. The number of aromatic nitrogens is 4. The van der Waals surface area contributed by atoms with Crippen LogP contribution in [0.4, 0.5) is 17.3 Å². The Morgan fingerprint density at radius 2 is 1.80 bits per heavy atom. The van der Waals surface area contributed by atoms with E-state index in [0.717, 1.165) is 44.4 Å². The van der Waals surface area contributed by atoms with E-state index in [2.05, 4.69) is 32.4 Å². The largest absolute Gasteiger partial charge is 0.355 e. The third-order valence-corrected chi connectivity index (χ3v) is 4.98. The van der Waals surface area contributed by atoms with Crippen molar-refractivity contribution in [2.75, 3.05) is 36.9 Å². The minimum Gasteiger partial charge on any atom is -0.355 e. The zero-order chi connectivity index (χ0) is 17.4. The molecule has 1 fully saturated rings. The van der Waals surface area contributed by atoms with Crippen molar-refractivity contribution in [1.82, 2.24) is 24.5 Å². The zero-order valence-electron chi connectivity index (χ0n) is 14.9. The molecule has 2 aromatic rings. The van der Waals surface area contributed by atoms with Gasteiger partial charge in [-0.25, -0.2) is 4.68 Å². The summed E-state index contributed by atoms with van der Waals surface area (Å²) < 4.78 is 3.43. The standard InChI is InChI=1S/C17H25N7O/c1-21-8-9-24-13(12-21)10-15(19-24)18-14-11-16(20-22(2)17(14)25)23-6-4-3-5-7-23/h10-11H,3-9,12H2,1-2H3,(H,18,19). The minimum absolute atomic E-state index is 0.135. The summed E-state index contributed by atoms with van der Waals surface area (Å²) in [4.78, 5) is 17.0. The molecule has 8 heteroatoms. The molecule has 2 aliphatic rings. The lowest BCUT2D eigenvalue weighted by molar-refractivity contribution is 0.259. The smallest absolute Gasteiger partial charge is 0.290 e. The molecule has 0 bridgehead atoms. The van der Waals surface area contributed by atoms with Crippen molar-refractivity contribution in [3.05, 3.63) is 28.2 Å². The third-order valence-electron chi connectivity index (χ3n) is 4.98. The van der Waals surface area contributed by atoms with Gasteiger partial charge >= 0.3 is 0 Å². The predicted octanol–water partition coefficient (Wildman–Crippen LogP) is 1.16. The number of nitrogens with zero attached hydrogens (tertiary/aromatic N) is 6. The summed E-state index contributed by atoms with van der Waals surface area (Å²) in [7, 11) is 3.81. The number of fused-ring (bicyclic) bond motifs is 1. The van der Waals surface area contributed by atoms with Crippen molar-refractivity contribution in [3.8, 4) is 0 Å². The molecule has 134 valence electrons. The Balaban J connectivity index is 1.61. The number of aryl methyl sites for hydroxylation is 1. The average molecular weight is 343 g/mol. The van der Waals surface area contributed by atoms with Gasteiger partial charge in [0.25, 0.3) is 5.56 Å². The Morgan fingerprint density at radius 1 is 1.00 bits per heavy atom. The first kappa shape index (κ1) is 16.1. The highest BCUT2D eigenvalue weighted by atomic mass is 16.1. The lowest BCUT2D eigenvalue weighted by Crippen LogP contribution is -2.33. The molecule has 4 rings (SSSR count). The van der Waals surface area contributed by atoms with E-state index in [1.54, 1.807) is 7.05 Å². The van der Waals surface area contributed by atoms with Gasteiger partial charge in [-0.1, -0.05) is 0 Å². The number of nitrogens with one attached hydrogen (secondary N) is 1. The van der Waals surface area contributed by atoms with Crippen LogP contribution in [0, 0.1) is 0 Å². The average Bonchev–Trinajstić information content (AvgIpc) is 3.01. The first-order chi connectivity index (χ1) is 12.1. The van der Waals surface area contributed by atoms with Crippen molar-refractivity contribution >= 4 is 17.3 Å². The molecule has 0 saturated carbocycles. The molecule has 0 radical (unpaired) electrons. The monoisotopic (exact) mass is 343 g/mol. The summed E-state index contributed by atoms with van der Waals surface area (Å²) in [5.74, 6) is 1.58. The van der Waals surface area contributed by atoms with Crippen LogP contribution in [0.3, 0.4) is 0 Å². The number of rotatable bonds is 3. The van der Waals surface area contributed by atoms with Crippen LogP contribution in [-0.2, 0) is 20.1 Å². The first-order valence-corrected chi connectivity index (χ1v) is 8.96. The van der Waals surface area contributed by atoms with Crippen molar-refractivity contribution in [2.45, 2.75) is 32.4 Å². The van der Waals surface area contributed by atoms with Gasteiger partial charge in [-0.15, -0.1) is 0 Å². The summed E-state index contributed by atoms with van der Waals surface area (Å²) >= 11 is 0. The molecule has 2 aromatic heterocycles. The lowest BCUT2D eigenvalue weighted by atomic mass is 10.1. The molecular weight excluding hydrogens is 318 g/mol. The van der Waals surface area contributed by atoms with E-state index in [1.807, 2.05) is 16.8 Å². The molecule has 0 amide bonds. The Labute approximate surface area is 147 Å². The molecule has 0 aromatic carbocycles. The molecule has 0 unspecified atom stereocenters. The fourth-order valence-corrected chi connectivity index (χ4v) is 3.56. The number of likely N-dealkylation sites (N-methyl/N-ethyl adjacent to an activating group) is 1. The molecule has 0 atom stereocenters. The second kappa shape index (κ2) is 6.51. The van der Waals surface area contributed by atoms with Crippen LogP contribution in [0.15, 0.2) is 16.9 Å². The topological polar surface area (TPSA) is 71.2 Å². The minimum atomic E-state index is -0.135. The molecular formula is C17H25N7O. The second-order valence-electron chi connectivity index (χ2n) is 7.00. The molecule has 0 spiro atoms. The van der Waals surface area contributed by atoms with Gasteiger partial charge in [0.2, 0.25) is 0 Å². The van der Waals surface area contributed by atoms with Crippen LogP contribution in [0.5, 0.6) is 0 Å². The summed E-state index contributed by atoms with van der Waals surface area (Å²) in [6, 6.07) is 3.88. The molecule has 25 heavy (non-hydrogen) atoms. The summed E-state index contributed by atoms with van der Waals surface area (Å²) in [5.41, 5.74) is 1.56. The maximum absolute atomic E-state index is 12.5. The molecule has 0 aliphatic carbocycles. The predicted molar refractivity (Wildman–Crippen MR) is 97.4 cm³/mol. The molecule has 2 aliphatic heterocycles. The second-order valence-corrected chi connectivity index (χ2v) is 7.00. The molecule has 1 saturated heterocycles. The summed E-state index contributed by atoms with van der Waals surface area (Å²) in [6.07, 6.45) is 3.62. The van der Waals surface area contributed by atoms with E-state index < -0.39 is 0 Å². The van der Waals surface area contributed by atoms with Crippen molar-refractivity contribution in [2.24, 2.45) is 7.05 Å². The number of hydrogen-bond donors (Lipinski definition) is 1. The van der Waals surface area contributed by atoms with Gasteiger partial charge in [-0.05, 0) is 26.3 Å². The van der Waals surface area contributed by atoms with Gasteiger partial charge in [0.15, 0.2) is 11.6 Å². The Kier molecular flexibility index (Phi) is 4.20. The summed E-state index contributed by atoms with van der Waals surface area (Å²) in [6.45, 7) is 4.73. The first-order valence-electron chi connectivity index (χ1n) is 8.96. The highest BCUT2D eigenvalue weighted by Crippen LogP contribution is 2.22. The number of piperidine rings is 1. The van der Waals surface area contributed by atoms with Crippen molar-refractivity contribution in [1.29, 1.82) is 0 Å².